The van der Waals surface area contributed by atoms with Crippen LogP contribution in [0.15, 0.2) is 47.4 Å². The minimum Gasteiger partial charge on any atom is -0.324 e. The van der Waals surface area contributed by atoms with Crippen molar-refractivity contribution in [3.05, 3.63) is 53.6 Å². The molecule has 0 aliphatic carbocycles. The van der Waals surface area contributed by atoms with Gasteiger partial charge in [0, 0.05) is 16.1 Å². The molecule has 1 atom stereocenters. The van der Waals surface area contributed by atoms with Crippen LogP contribution in [-0.4, -0.2) is 17.1 Å². The van der Waals surface area contributed by atoms with Crippen LogP contribution < -0.4 is 10.6 Å². The first-order valence-electron chi connectivity index (χ1n) is 7.03. The fourth-order valence-electron chi connectivity index (χ4n) is 2.26. The summed E-state index contributed by atoms with van der Waals surface area (Å²) in [4.78, 5) is 25.1. The van der Waals surface area contributed by atoms with E-state index in [2.05, 4.69) is 10.6 Å². The van der Waals surface area contributed by atoms with Gasteiger partial charge < -0.3 is 10.6 Å². The van der Waals surface area contributed by atoms with E-state index in [1.165, 1.54) is 11.8 Å². The van der Waals surface area contributed by atoms with Crippen LogP contribution in [0.4, 0.5) is 11.4 Å². The Labute approximate surface area is 133 Å². The topological polar surface area (TPSA) is 58.2 Å². The van der Waals surface area contributed by atoms with E-state index in [4.69, 9.17) is 0 Å². The molecule has 0 fully saturated rings. The number of hydrogen-bond donors (Lipinski definition) is 2. The molecule has 4 nitrogen and oxygen atoms in total. The van der Waals surface area contributed by atoms with E-state index in [0.29, 0.717) is 11.3 Å². The quantitative estimate of drug-likeness (QED) is 0.889. The number of carbonyl (C=O) groups excluding carboxylic acids is 2. The molecule has 0 saturated heterocycles. The predicted octanol–water partition coefficient (Wildman–Crippen LogP) is 3.68. The van der Waals surface area contributed by atoms with Crippen LogP contribution in [0.2, 0.25) is 0 Å². The summed E-state index contributed by atoms with van der Waals surface area (Å²) in [6.07, 6.45) is 0. The minimum atomic E-state index is -0.185. The third-order valence-electron chi connectivity index (χ3n) is 3.57. The Balaban J connectivity index is 1.84. The zero-order valence-electron chi connectivity index (χ0n) is 12.3. The number of aryl methyl sites for hydroxylation is 1. The highest BCUT2D eigenvalue weighted by Gasteiger charge is 2.23. The van der Waals surface area contributed by atoms with Gasteiger partial charge in [0.1, 0.15) is 0 Å². The average molecular weight is 312 g/mol. The molecule has 1 heterocycles. The van der Waals surface area contributed by atoms with Gasteiger partial charge in [-0.15, -0.1) is 11.8 Å². The molecule has 2 aromatic rings. The van der Waals surface area contributed by atoms with Crippen molar-refractivity contribution in [1.82, 2.24) is 0 Å². The summed E-state index contributed by atoms with van der Waals surface area (Å²) in [6.45, 7) is 3.81. The number of fused-ring (bicyclic) bond motifs is 1. The average Bonchev–Trinajstić information content (AvgIpc) is 2.50. The lowest BCUT2D eigenvalue weighted by Crippen LogP contribution is -2.26. The van der Waals surface area contributed by atoms with Gasteiger partial charge in [-0.05, 0) is 43.7 Å². The molecule has 1 unspecified atom stereocenters. The van der Waals surface area contributed by atoms with Crippen molar-refractivity contribution in [1.29, 1.82) is 0 Å². The molecule has 5 heteroatoms. The highest BCUT2D eigenvalue weighted by Crippen LogP contribution is 2.36. The van der Waals surface area contributed by atoms with Crippen LogP contribution in [0.5, 0.6) is 0 Å². The van der Waals surface area contributed by atoms with Crippen LogP contribution in [-0.2, 0) is 4.79 Å². The molecule has 0 spiro atoms. The molecule has 0 saturated carbocycles. The first-order valence-corrected chi connectivity index (χ1v) is 7.91. The molecule has 2 N–H and O–H groups in total. The monoisotopic (exact) mass is 312 g/mol. The summed E-state index contributed by atoms with van der Waals surface area (Å²) in [6, 6.07) is 13.0. The summed E-state index contributed by atoms with van der Waals surface area (Å²) in [7, 11) is 0. The maximum Gasteiger partial charge on any atom is 0.255 e. The second-order valence-electron chi connectivity index (χ2n) is 5.23. The van der Waals surface area contributed by atoms with Gasteiger partial charge >= 0.3 is 0 Å². The second-order valence-corrected chi connectivity index (χ2v) is 6.61. The van der Waals surface area contributed by atoms with Gasteiger partial charge in [0.2, 0.25) is 5.91 Å². The van der Waals surface area contributed by atoms with Gasteiger partial charge in [-0.1, -0.05) is 18.2 Å². The van der Waals surface area contributed by atoms with Crippen LogP contribution in [0, 0.1) is 6.92 Å². The van der Waals surface area contributed by atoms with E-state index in [1.54, 1.807) is 12.1 Å². The Morgan fingerprint density at radius 2 is 2.00 bits per heavy atom. The summed E-state index contributed by atoms with van der Waals surface area (Å²) in [5, 5.41) is 5.62. The van der Waals surface area contributed by atoms with E-state index in [-0.39, 0.29) is 17.1 Å². The molecule has 22 heavy (non-hydrogen) atoms. The summed E-state index contributed by atoms with van der Waals surface area (Å²) in [5.41, 5.74) is 3.02. The largest absolute Gasteiger partial charge is 0.324 e. The number of carbonyl (C=O) groups is 2. The molecule has 0 radical (unpaired) electrons. The van der Waals surface area contributed by atoms with Gasteiger partial charge in [-0.2, -0.15) is 0 Å². The second kappa shape index (κ2) is 5.85. The lowest BCUT2D eigenvalue weighted by molar-refractivity contribution is -0.115. The molecule has 1 aliphatic rings. The maximum absolute atomic E-state index is 12.4. The lowest BCUT2D eigenvalue weighted by Gasteiger charge is -2.21. The van der Waals surface area contributed by atoms with Crippen molar-refractivity contribution in [2.75, 3.05) is 10.6 Å². The Hall–Kier alpha value is -2.27. The number of amides is 2. The number of hydrogen-bond acceptors (Lipinski definition) is 3. The Bertz CT molecular complexity index is 758. The molecule has 0 aromatic heterocycles. The van der Waals surface area contributed by atoms with Crippen molar-refractivity contribution < 1.29 is 9.59 Å². The third kappa shape index (κ3) is 2.85. The third-order valence-corrected chi connectivity index (χ3v) is 4.74. The Morgan fingerprint density at radius 3 is 2.77 bits per heavy atom. The number of nitrogens with one attached hydrogen (secondary N) is 2. The first-order chi connectivity index (χ1) is 10.5. The van der Waals surface area contributed by atoms with Gasteiger partial charge in [0.25, 0.3) is 5.91 Å². The standard InChI is InChI=1S/C17H16N2O2S/c1-10-5-3-4-6-13(10)18-17(21)12-7-8-15-14(9-12)19-16(20)11(2)22-15/h3-9,11H,1-2H3,(H,18,21)(H,19,20). The Morgan fingerprint density at radius 1 is 1.23 bits per heavy atom. The van der Waals surface area contributed by atoms with Gasteiger partial charge in [-0.3, -0.25) is 9.59 Å². The summed E-state index contributed by atoms with van der Waals surface area (Å²) in [5.74, 6) is -0.219. The maximum atomic E-state index is 12.4. The summed E-state index contributed by atoms with van der Waals surface area (Å²) < 4.78 is 0. The molecule has 1 aliphatic heterocycles. The van der Waals surface area contributed by atoms with E-state index >= 15 is 0 Å². The predicted molar refractivity (Wildman–Crippen MR) is 89.5 cm³/mol. The fourth-order valence-corrected chi connectivity index (χ4v) is 3.19. The number of anilines is 2. The number of para-hydroxylation sites is 1. The van der Waals surface area contributed by atoms with Gasteiger partial charge in [0.15, 0.2) is 0 Å². The minimum absolute atomic E-state index is 0.0334. The van der Waals surface area contributed by atoms with Crippen molar-refractivity contribution in [3.63, 3.8) is 0 Å². The van der Waals surface area contributed by atoms with Crippen molar-refractivity contribution in [2.24, 2.45) is 0 Å². The highest BCUT2D eigenvalue weighted by atomic mass is 32.2. The molecular weight excluding hydrogens is 296 g/mol. The van der Waals surface area contributed by atoms with Crippen LogP contribution in [0.3, 0.4) is 0 Å². The zero-order valence-corrected chi connectivity index (χ0v) is 13.2. The SMILES string of the molecule is Cc1ccccc1NC(=O)c1ccc2c(c1)NC(=O)C(C)S2. The molecule has 0 bridgehead atoms. The number of thioether (sulfide) groups is 1. The number of benzene rings is 2. The number of rotatable bonds is 2. The van der Waals surface area contributed by atoms with E-state index in [9.17, 15) is 9.59 Å². The van der Waals surface area contributed by atoms with Gasteiger partial charge in [0.05, 0.1) is 10.9 Å². The van der Waals surface area contributed by atoms with E-state index in [1.807, 2.05) is 44.2 Å². The molecule has 2 aromatic carbocycles. The molecular formula is C17H16N2O2S. The van der Waals surface area contributed by atoms with E-state index in [0.717, 1.165) is 16.1 Å². The van der Waals surface area contributed by atoms with Crippen LogP contribution in [0.1, 0.15) is 22.8 Å². The van der Waals surface area contributed by atoms with Gasteiger partial charge in [-0.25, -0.2) is 0 Å². The van der Waals surface area contributed by atoms with Crippen molar-refractivity contribution in [2.45, 2.75) is 24.0 Å². The van der Waals surface area contributed by atoms with Crippen LogP contribution in [0.25, 0.3) is 0 Å². The zero-order chi connectivity index (χ0) is 15.7. The lowest BCUT2D eigenvalue weighted by atomic mass is 10.1. The highest BCUT2D eigenvalue weighted by molar-refractivity contribution is 8.00. The van der Waals surface area contributed by atoms with Crippen molar-refractivity contribution in [3.8, 4) is 0 Å². The normalized spacial score (nSPS) is 16.6. The Kier molecular flexibility index (Phi) is 3.90. The molecule has 2 amide bonds. The van der Waals surface area contributed by atoms with Crippen LogP contribution >= 0.6 is 11.8 Å². The molecule has 112 valence electrons. The first kappa shape index (κ1) is 14.7. The smallest absolute Gasteiger partial charge is 0.255 e. The fraction of sp³-hybridized carbons (Fsp3) is 0.176. The molecule has 3 rings (SSSR count). The summed E-state index contributed by atoms with van der Waals surface area (Å²) >= 11 is 1.50. The van der Waals surface area contributed by atoms with Crippen molar-refractivity contribution >= 4 is 35.0 Å². The van der Waals surface area contributed by atoms with E-state index < -0.39 is 0 Å².